The summed E-state index contributed by atoms with van der Waals surface area (Å²) in [5, 5.41) is 9.36. The highest BCUT2D eigenvalue weighted by atomic mass is 32.2. The molecule has 0 aromatic carbocycles. The van der Waals surface area contributed by atoms with Gasteiger partial charge < -0.3 is 9.84 Å². The van der Waals surface area contributed by atoms with E-state index in [1.807, 2.05) is 0 Å². The van der Waals surface area contributed by atoms with Crippen molar-refractivity contribution in [3.05, 3.63) is 0 Å². The van der Waals surface area contributed by atoms with Gasteiger partial charge in [0.2, 0.25) is 10.0 Å². The molecule has 0 spiro atoms. The van der Waals surface area contributed by atoms with Gasteiger partial charge in [0.1, 0.15) is 0 Å². The maximum atomic E-state index is 11.7. The van der Waals surface area contributed by atoms with E-state index in [4.69, 9.17) is 0 Å². The van der Waals surface area contributed by atoms with Crippen molar-refractivity contribution in [1.82, 2.24) is 4.31 Å². The highest BCUT2D eigenvalue weighted by Gasteiger charge is 2.30. The van der Waals surface area contributed by atoms with E-state index in [1.165, 1.54) is 0 Å². The number of aliphatic hydroxyl groups is 1. The molecule has 0 saturated carbocycles. The Kier molecular flexibility index (Phi) is 4.69. The van der Waals surface area contributed by atoms with Crippen LogP contribution in [0.2, 0.25) is 0 Å². The summed E-state index contributed by atoms with van der Waals surface area (Å²) < 4.78 is 29.2. The molecule has 0 aromatic rings. The number of esters is 1. The number of sulfonamides is 1. The molecular formula is C9H17NO5S. The Morgan fingerprint density at radius 2 is 2.25 bits per heavy atom. The van der Waals surface area contributed by atoms with Crippen molar-refractivity contribution >= 4 is 16.0 Å². The summed E-state index contributed by atoms with van der Waals surface area (Å²) in [6.07, 6.45) is 0.583. The Bertz CT molecular complexity index is 340. The molecule has 1 fully saturated rings. The summed E-state index contributed by atoms with van der Waals surface area (Å²) in [5.41, 5.74) is 0. The van der Waals surface area contributed by atoms with Crippen molar-refractivity contribution in [3.8, 4) is 0 Å². The van der Waals surface area contributed by atoms with E-state index in [0.29, 0.717) is 19.4 Å². The van der Waals surface area contributed by atoms with Crippen molar-refractivity contribution < 1.29 is 23.1 Å². The number of hydrogen-bond acceptors (Lipinski definition) is 5. The molecule has 6 nitrogen and oxygen atoms in total. The van der Waals surface area contributed by atoms with Gasteiger partial charge in [0, 0.05) is 13.1 Å². The fourth-order valence-electron chi connectivity index (χ4n) is 1.62. The Balaban J connectivity index is 2.59. The number of aliphatic hydroxyl groups excluding tert-OH is 1. The lowest BCUT2D eigenvalue weighted by atomic mass is 10.1. The largest absolute Gasteiger partial charge is 0.465 e. The lowest BCUT2D eigenvalue weighted by Crippen LogP contribution is -2.44. The van der Waals surface area contributed by atoms with E-state index >= 15 is 0 Å². The maximum absolute atomic E-state index is 11.7. The maximum Gasteiger partial charge on any atom is 0.322 e. The Hall–Kier alpha value is -0.660. The first-order chi connectivity index (χ1) is 7.45. The van der Waals surface area contributed by atoms with E-state index in [-0.39, 0.29) is 13.2 Å². The first-order valence-electron chi connectivity index (χ1n) is 5.27. The Morgan fingerprint density at radius 3 is 2.81 bits per heavy atom. The molecule has 0 aromatic heterocycles. The molecule has 7 heteroatoms. The van der Waals surface area contributed by atoms with Crippen LogP contribution in [0.15, 0.2) is 0 Å². The molecule has 1 heterocycles. The van der Waals surface area contributed by atoms with Crippen LogP contribution in [0, 0.1) is 0 Å². The average molecular weight is 251 g/mol. The summed E-state index contributed by atoms with van der Waals surface area (Å²) in [4.78, 5) is 11.1. The number of β-amino-alcohol motifs (C(OH)–C–C–N with tert-alkyl or cyclic N) is 1. The first kappa shape index (κ1) is 13.4. The van der Waals surface area contributed by atoms with Gasteiger partial charge in [-0.15, -0.1) is 0 Å². The summed E-state index contributed by atoms with van der Waals surface area (Å²) in [5.74, 6) is -1.39. The summed E-state index contributed by atoms with van der Waals surface area (Å²) in [6.45, 7) is 2.21. The van der Waals surface area contributed by atoms with E-state index in [2.05, 4.69) is 4.74 Å². The van der Waals surface area contributed by atoms with Crippen molar-refractivity contribution in [2.75, 3.05) is 25.4 Å². The zero-order valence-electron chi connectivity index (χ0n) is 9.26. The fraction of sp³-hybridized carbons (Fsp3) is 0.889. The number of rotatable bonds is 4. The van der Waals surface area contributed by atoms with Gasteiger partial charge in [0.15, 0.2) is 5.75 Å². The van der Waals surface area contributed by atoms with E-state index in [0.717, 1.165) is 4.31 Å². The number of nitrogens with zero attached hydrogens (tertiary/aromatic N) is 1. The van der Waals surface area contributed by atoms with Gasteiger partial charge in [0.05, 0.1) is 12.7 Å². The molecule has 0 unspecified atom stereocenters. The molecule has 0 radical (unpaired) electrons. The van der Waals surface area contributed by atoms with Gasteiger partial charge in [-0.3, -0.25) is 4.79 Å². The SMILES string of the molecule is CCOC(=O)CS(=O)(=O)N1CCC[C@H](O)C1. The van der Waals surface area contributed by atoms with Gasteiger partial charge in [-0.2, -0.15) is 4.31 Å². The van der Waals surface area contributed by atoms with Crippen molar-refractivity contribution in [3.63, 3.8) is 0 Å². The third-order valence-corrected chi connectivity index (χ3v) is 4.08. The van der Waals surface area contributed by atoms with Crippen LogP contribution in [-0.2, 0) is 19.6 Å². The summed E-state index contributed by atoms with van der Waals surface area (Å²) in [6, 6.07) is 0. The second kappa shape index (κ2) is 5.60. The fourth-order valence-corrected chi connectivity index (χ4v) is 2.99. The first-order valence-corrected chi connectivity index (χ1v) is 6.88. The number of piperidine rings is 1. The highest BCUT2D eigenvalue weighted by molar-refractivity contribution is 7.89. The quantitative estimate of drug-likeness (QED) is 0.670. The predicted molar refractivity (Wildman–Crippen MR) is 57.2 cm³/mol. The van der Waals surface area contributed by atoms with Gasteiger partial charge in [-0.05, 0) is 19.8 Å². The minimum atomic E-state index is -3.64. The second-order valence-electron chi connectivity index (χ2n) is 3.72. The molecule has 1 aliphatic heterocycles. The number of carbonyl (C=O) groups excluding carboxylic acids is 1. The predicted octanol–water partition coefficient (Wildman–Crippen LogP) is -0.664. The molecule has 0 amide bonds. The third-order valence-electron chi connectivity index (χ3n) is 2.36. The average Bonchev–Trinajstić information content (AvgIpc) is 2.17. The summed E-state index contributed by atoms with van der Waals surface area (Å²) >= 11 is 0. The monoisotopic (exact) mass is 251 g/mol. The normalized spacial score (nSPS) is 23.0. The number of ether oxygens (including phenoxy) is 1. The standard InChI is InChI=1S/C9H17NO5S/c1-2-15-9(12)7-16(13,14)10-5-3-4-8(11)6-10/h8,11H,2-7H2,1H3/t8-/m0/s1. The molecule has 1 rings (SSSR count). The van der Waals surface area contributed by atoms with E-state index in [9.17, 15) is 18.3 Å². The van der Waals surface area contributed by atoms with Crippen LogP contribution in [0.4, 0.5) is 0 Å². The van der Waals surface area contributed by atoms with E-state index in [1.54, 1.807) is 6.92 Å². The van der Waals surface area contributed by atoms with Crippen LogP contribution in [0.25, 0.3) is 0 Å². The third kappa shape index (κ3) is 3.73. The minimum absolute atomic E-state index is 0.0712. The van der Waals surface area contributed by atoms with Crippen molar-refractivity contribution in [1.29, 1.82) is 0 Å². The zero-order chi connectivity index (χ0) is 12.2. The Labute approximate surface area is 95.2 Å². The number of carbonyl (C=O) groups is 1. The van der Waals surface area contributed by atoms with E-state index < -0.39 is 27.8 Å². The zero-order valence-corrected chi connectivity index (χ0v) is 10.1. The van der Waals surface area contributed by atoms with Gasteiger partial charge in [-0.25, -0.2) is 8.42 Å². The molecule has 1 atom stereocenters. The molecule has 1 N–H and O–H groups in total. The van der Waals surface area contributed by atoms with Gasteiger partial charge >= 0.3 is 5.97 Å². The molecule has 1 saturated heterocycles. The number of hydrogen-bond donors (Lipinski definition) is 1. The lowest BCUT2D eigenvalue weighted by molar-refractivity contribution is -0.140. The highest BCUT2D eigenvalue weighted by Crippen LogP contribution is 2.14. The lowest BCUT2D eigenvalue weighted by Gasteiger charge is -2.28. The van der Waals surface area contributed by atoms with Crippen LogP contribution < -0.4 is 0 Å². The van der Waals surface area contributed by atoms with Crippen LogP contribution >= 0.6 is 0 Å². The van der Waals surface area contributed by atoms with Crippen LogP contribution in [-0.4, -0.2) is 55.4 Å². The summed E-state index contributed by atoms with van der Waals surface area (Å²) in [7, 11) is -3.64. The van der Waals surface area contributed by atoms with Crippen molar-refractivity contribution in [2.45, 2.75) is 25.9 Å². The molecule has 94 valence electrons. The van der Waals surface area contributed by atoms with Crippen molar-refractivity contribution in [2.24, 2.45) is 0 Å². The van der Waals surface area contributed by atoms with Crippen LogP contribution in [0.1, 0.15) is 19.8 Å². The molecule has 0 bridgehead atoms. The molecule has 16 heavy (non-hydrogen) atoms. The van der Waals surface area contributed by atoms with Crippen LogP contribution in [0.5, 0.6) is 0 Å². The van der Waals surface area contributed by atoms with Crippen LogP contribution in [0.3, 0.4) is 0 Å². The molecule has 0 aliphatic carbocycles. The Morgan fingerprint density at radius 1 is 1.56 bits per heavy atom. The van der Waals surface area contributed by atoms with Gasteiger partial charge in [-0.1, -0.05) is 0 Å². The second-order valence-corrected chi connectivity index (χ2v) is 5.68. The smallest absolute Gasteiger partial charge is 0.322 e. The molecular weight excluding hydrogens is 234 g/mol. The van der Waals surface area contributed by atoms with Gasteiger partial charge in [0.25, 0.3) is 0 Å². The molecule has 1 aliphatic rings. The minimum Gasteiger partial charge on any atom is -0.465 e. The topological polar surface area (TPSA) is 83.9 Å².